The minimum absolute atomic E-state index is 0.0263. The number of nitrogens with zero attached hydrogens (tertiary/aromatic N) is 2. The van der Waals surface area contributed by atoms with Crippen molar-refractivity contribution in [3.63, 3.8) is 0 Å². The van der Waals surface area contributed by atoms with Crippen LogP contribution in [0.3, 0.4) is 0 Å². The first kappa shape index (κ1) is 10.6. The third-order valence-electron chi connectivity index (χ3n) is 2.47. The lowest BCUT2D eigenvalue weighted by Crippen LogP contribution is -2.25. The molecule has 2 rings (SSSR count). The number of hydrogen-bond acceptors (Lipinski definition) is 5. The van der Waals surface area contributed by atoms with E-state index in [4.69, 9.17) is 15.3 Å². The Balaban J connectivity index is 2.18. The van der Waals surface area contributed by atoms with Crippen molar-refractivity contribution in [2.75, 3.05) is 18.0 Å². The predicted octanol–water partition coefficient (Wildman–Crippen LogP) is -0.316. The minimum Gasteiger partial charge on any atom is -0.475 e. The van der Waals surface area contributed by atoms with E-state index in [1.165, 1.54) is 4.90 Å². The van der Waals surface area contributed by atoms with Gasteiger partial charge in [0.1, 0.15) is 0 Å². The summed E-state index contributed by atoms with van der Waals surface area (Å²) in [6, 6.07) is 0.0263. The molecule has 0 aliphatic carbocycles. The second-order valence-electron chi connectivity index (χ2n) is 3.62. The molecule has 3 N–H and O–H groups in total. The fourth-order valence-corrected chi connectivity index (χ4v) is 1.61. The van der Waals surface area contributed by atoms with Crippen LogP contribution in [0.1, 0.15) is 17.0 Å². The van der Waals surface area contributed by atoms with Crippen molar-refractivity contribution in [3.8, 4) is 0 Å². The van der Waals surface area contributed by atoms with Crippen molar-refractivity contribution in [2.24, 2.45) is 11.7 Å². The molecular weight excluding hydrogens is 214 g/mol. The average Bonchev–Trinajstić information content (AvgIpc) is 2.83. The van der Waals surface area contributed by atoms with Gasteiger partial charge < -0.3 is 15.3 Å². The van der Waals surface area contributed by atoms with Crippen LogP contribution < -0.4 is 10.6 Å². The van der Waals surface area contributed by atoms with Gasteiger partial charge in [0.25, 0.3) is 0 Å². The zero-order chi connectivity index (χ0) is 11.7. The molecule has 1 atom stereocenters. The van der Waals surface area contributed by atoms with Crippen molar-refractivity contribution in [1.29, 1.82) is 0 Å². The Morgan fingerprint density at radius 1 is 1.75 bits per heavy atom. The number of anilines is 1. The number of oxazole rings is 1. The van der Waals surface area contributed by atoms with Gasteiger partial charge in [-0.25, -0.2) is 9.78 Å². The maximum absolute atomic E-state index is 11.5. The Morgan fingerprint density at radius 3 is 3.00 bits per heavy atom. The normalized spacial score (nSPS) is 20.4. The Hall–Kier alpha value is -1.89. The molecular formula is C9H11N3O4. The van der Waals surface area contributed by atoms with Crippen LogP contribution in [0.25, 0.3) is 0 Å². The van der Waals surface area contributed by atoms with Crippen molar-refractivity contribution in [1.82, 2.24) is 4.98 Å². The highest BCUT2D eigenvalue weighted by Gasteiger charge is 2.32. The Kier molecular flexibility index (Phi) is 2.61. The number of amides is 1. The molecule has 1 fully saturated rings. The highest BCUT2D eigenvalue weighted by atomic mass is 16.4. The van der Waals surface area contributed by atoms with Crippen LogP contribution >= 0.6 is 0 Å². The lowest BCUT2D eigenvalue weighted by Gasteiger charge is -2.10. The van der Waals surface area contributed by atoms with E-state index in [1.807, 2.05) is 0 Å². The number of nitrogens with two attached hydrogens (primary N) is 1. The van der Waals surface area contributed by atoms with E-state index in [-0.39, 0.29) is 23.6 Å². The van der Waals surface area contributed by atoms with Crippen molar-refractivity contribution >= 4 is 17.9 Å². The van der Waals surface area contributed by atoms with E-state index in [2.05, 4.69) is 4.98 Å². The van der Waals surface area contributed by atoms with Crippen LogP contribution in [0, 0.1) is 5.92 Å². The minimum atomic E-state index is -1.21. The second-order valence-corrected chi connectivity index (χ2v) is 3.62. The van der Waals surface area contributed by atoms with E-state index in [1.54, 1.807) is 0 Å². The van der Waals surface area contributed by atoms with E-state index >= 15 is 0 Å². The Bertz CT molecular complexity index is 428. The maximum Gasteiger partial charge on any atom is 0.373 e. The maximum atomic E-state index is 11.5. The highest BCUT2D eigenvalue weighted by molar-refractivity contribution is 5.94. The zero-order valence-corrected chi connectivity index (χ0v) is 8.42. The standard InChI is InChI=1S/C9H11N3O4/c10-2-5-1-7(13)12(4-5)9-11-3-6(16-9)8(14)15/h3,5H,1-2,4,10H2,(H,14,15). The molecule has 2 heterocycles. The summed E-state index contributed by atoms with van der Waals surface area (Å²) in [7, 11) is 0. The summed E-state index contributed by atoms with van der Waals surface area (Å²) in [4.78, 5) is 27.2. The van der Waals surface area contributed by atoms with Crippen LogP contribution in [0.5, 0.6) is 0 Å². The Labute approximate surface area is 90.8 Å². The third kappa shape index (κ3) is 1.76. The molecule has 1 unspecified atom stereocenters. The SMILES string of the molecule is NCC1CC(=O)N(c2ncc(C(=O)O)o2)C1. The first-order valence-corrected chi connectivity index (χ1v) is 4.81. The number of carbonyl (C=O) groups is 2. The van der Waals surface area contributed by atoms with E-state index in [0.29, 0.717) is 19.5 Å². The molecule has 1 aromatic heterocycles. The number of carbonyl (C=O) groups excluding carboxylic acids is 1. The van der Waals surface area contributed by atoms with E-state index in [0.717, 1.165) is 6.20 Å². The number of hydrogen-bond donors (Lipinski definition) is 2. The molecule has 86 valence electrons. The number of carboxylic acid groups (broad SMARTS) is 1. The largest absolute Gasteiger partial charge is 0.475 e. The molecule has 1 aromatic rings. The van der Waals surface area contributed by atoms with E-state index < -0.39 is 5.97 Å². The fraction of sp³-hybridized carbons (Fsp3) is 0.444. The lowest BCUT2D eigenvalue weighted by molar-refractivity contribution is -0.117. The molecule has 0 radical (unpaired) electrons. The third-order valence-corrected chi connectivity index (χ3v) is 2.47. The molecule has 0 aromatic carbocycles. The van der Waals surface area contributed by atoms with E-state index in [9.17, 15) is 9.59 Å². The quantitative estimate of drug-likeness (QED) is 0.729. The summed E-state index contributed by atoms with van der Waals surface area (Å²) >= 11 is 0. The van der Waals surface area contributed by atoms with Gasteiger partial charge in [-0.2, -0.15) is 0 Å². The molecule has 7 nitrogen and oxygen atoms in total. The first-order chi connectivity index (χ1) is 7.61. The van der Waals surface area contributed by atoms with Gasteiger partial charge in [-0.1, -0.05) is 0 Å². The molecule has 1 aliphatic rings. The van der Waals surface area contributed by atoms with Crippen LogP contribution in [-0.2, 0) is 4.79 Å². The van der Waals surface area contributed by atoms with Crippen molar-refractivity contribution < 1.29 is 19.1 Å². The summed E-state index contributed by atoms with van der Waals surface area (Å²) in [6.45, 7) is 0.837. The number of carboxylic acids is 1. The number of aromatic carboxylic acids is 1. The van der Waals surface area contributed by atoms with Gasteiger partial charge in [-0.05, 0) is 12.5 Å². The van der Waals surface area contributed by atoms with Crippen LogP contribution in [-0.4, -0.2) is 35.1 Å². The smallest absolute Gasteiger partial charge is 0.373 e. The van der Waals surface area contributed by atoms with Gasteiger partial charge in [0.05, 0.1) is 6.20 Å². The van der Waals surface area contributed by atoms with Gasteiger partial charge >= 0.3 is 12.0 Å². The monoisotopic (exact) mass is 225 g/mol. The van der Waals surface area contributed by atoms with Gasteiger partial charge in [0.2, 0.25) is 11.7 Å². The molecule has 16 heavy (non-hydrogen) atoms. The predicted molar refractivity (Wildman–Crippen MR) is 53.0 cm³/mol. The average molecular weight is 225 g/mol. The molecule has 1 aliphatic heterocycles. The van der Waals surface area contributed by atoms with Gasteiger partial charge in [-0.15, -0.1) is 0 Å². The summed E-state index contributed by atoms with van der Waals surface area (Å²) in [5.74, 6) is -1.55. The molecule has 7 heteroatoms. The molecule has 0 spiro atoms. The molecule has 0 saturated carbocycles. The molecule has 1 saturated heterocycles. The van der Waals surface area contributed by atoms with Crippen molar-refractivity contribution in [2.45, 2.75) is 6.42 Å². The lowest BCUT2D eigenvalue weighted by atomic mass is 10.1. The zero-order valence-electron chi connectivity index (χ0n) is 8.42. The fourth-order valence-electron chi connectivity index (χ4n) is 1.61. The van der Waals surface area contributed by atoms with Crippen LogP contribution in [0.4, 0.5) is 6.01 Å². The summed E-state index contributed by atoms with van der Waals surface area (Å²) in [5.41, 5.74) is 5.47. The summed E-state index contributed by atoms with van der Waals surface area (Å²) < 4.78 is 4.95. The first-order valence-electron chi connectivity index (χ1n) is 4.81. The van der Waals surface area contributed by atoms with Crippen LogP contribution in [0.15, 0.2) is 10.6 Å². The molecule has 1 amide bonds. The molecule has 0 bridgehead atoms. The second kappa shape index (κ2) is 3.93. The number of aromatic nitrogens is 1. The Morgan fingerprint density at radius 2 is 2.50 bits per heavy atom. The van der Waals surface area contributed by atoms with Gasteiger partial charge in [0.15, 0.2) is 0 Å². The van der Waals surface area contributed by atoms with Crippen LogP contribution in [0.2, 0.25) is 0 Å². The van der Waals surface area contributed by atoms with Crippen molar-refractivity contribution in [3.05, 3.63) is 12.0 Å². The highest BCUT2D eigenvalue weighted by Crippen LogP contribution is 2.23. The summed E-state index contributed by atoms with van der Waals surface area (Å²) in [5, 5.41) is 8.65. The van der Waals surface area contributed by atoms with Gasteiger partial charge in [-0.3, -0.25) is 9.69 Å². The summed E-state index contributed by atoms with van der Waals surface area (Å²) in [6.07, 6.45) is 1.43. The topological polar surface area (TPSA) is 110 Å². The van der Waals surface area contributed by atoms with Gasteiger partial charge in [0, 0.05) is 13.0 Å². The number of rotatable bonds is 3.